The number of likely N-dealkylation sites (N-methyl/N-ethyl adjacent to an activating group) is 2. The average molecular weight is 498 g/mol. The van der Waals surface area contributed by atoms with Crippen LogP contribution >= 0.6 is 0 Å². The third kappa shape index (κ3) is 7.35. The second-order valence-electron chi connectivity index (χ2n) is 9.24. The van der Waals surface area contributed by atoms with Crippen LogP contribution in [0.4, 0.5) is 16.2 Å². The molecule has 2 aromatic rings. The van der Waals surface area contributed by atoms with Crippen LogP contribution in [-0.2, 0) is 0 Å². The summed E-state index contributed by atoms with van der Waals surface area (Å²) in [5.41, 5.74) is 2.31. The van der Waals surface area contributed by atoms with Crippen LogP contribution in [0.3, 0.4) is 0 Å². The van der Waals surface area contributed by atoms with Crippen molar-refractivity contribution in [1.82, 2.24) is 14.7 Å². The van der Waals surface area contributed by atoms with Crippen molar-refractivity contribution in [3.05, 3.63) is 54.1 Å². The number of ether oxygens (including phenoxy) is 1. The van der Waals surface area contributed by atoms with Crippen molar-refractivity contribution in [3.63, 3.8) is 0 Å². The Morgan fingerprint density at radius 3 is 2.33 bits per heavy atom. The van der Waals surface area contributed by atoms with Crippen LogP contribution in [0, 0.1) is 0 Å². The number of nitrogens with zero attached hydrogens (tertiary/aromatic N) is 5. The standard InChI is InChI=1S/C27H39N5O4/c1-5-36-25-12-7-6-11-24(25)32(27(34)35)20-17-30-15-18-31(19-16-30)23-10-8-9-22(21-23)26(33)29(4)14-13-28(2)3/h6-12,21H,5,13-20H2,1-4H3,(H,34,35). The van der Waals surface area contributed by atoms with E-state index in [0.29, 0.717) is 43.2 Å². The molecule has 1 aliphatic rings. The third-order valence-corrected chi connectivity index (χ3v) is 6.39. The van der Waals surface area contributed by atoms with Crippen molar-refractivity contribution >= 4 is 23.4 Å². The van der Waals surface area contributed by atoms with Gasteiger partial charge in [-0.15, -0.1) is 0 Å². The predicted molar refractivity (Wildman–Crippen MR) is 144 cm³/mol. The number of hydrogen-bond donors (Lipinski definition) is 1. The first-order valence-corrected chi connectivity index (χ1v) is 12.5. The Bertz CT molecular complexity index is 1010. The first-order valence-electron chi connectivity index (χ1n) is 12.5. The maximum absolute atomic E-state index is 12.8. The lowest BCUT2D eigenvalue weighted by Gasteiger charge is -2.37. The first kappa shape index (κ1) is 27.3. The van der Waals surface area contributed by atoms with E-state index in [1.807, 2.05) is 64.5 Å². The molecule has 1 N–H and O–H groups in total. The van der Waals surface area contributed by atoms with E-state index in [1.165, 1.54) is 4.90 Å². The van der Waals surface area contributed by atoms with Crippen LogP contribution in [0.25, 0.3) is 0 Å². The van der Waals surface area contributed by atoms with Crippen molar-refractivity contribution in [2.75, 3.05) is 89.9 Å². The molecule has 0 saturated carbocycles. The molecule has 0 bridgehead atoms. The molecule has 9 heteroatoms. The summed E-state index contributed by atoms with van der Waals surface area (Å²) in [6.45, 7) is 8.13. The Labute approximate surface area is 214 Å². The SMILES string of the molecule is CCOc1ccccc1N(CCN1CCN(c2cccc(C(=O)N(C)CCN(C)C)c2)CC1)C(=O)O. The monoisotopic (exact) mass is 497 g/mol. The summed E-state index contributed by atoms with van der Waals surface area (Å²) in [5, 5.41) is 9.82. The number of rotatable bonds is 11. The van der Waals surface area contributed by atoms with Crippen molar-refractivity contribution < 1.29 is 19.4 Å². The van der Waals surface area contributed by atoms with Gasteiger partial charge in [0, 0.05) is 70.7 Å². The normalized spacial score (nSPS) is 14.1. The molecule has 1 heterocycles. The highest BCUT2D eigenvalue weighted by Gasteiger charge is 2.23. The van der Waals surface area contributed by atoms with E-state index in [9.17, 15) is 14.7 Å². The molecule has 36 heavy (non-hydrogen) atoms. The maximum Gasteiger partial charge on any atom is 0.411 e. The minimum absolute atomic E-state index is 0.0263. The van der Waals surface area contributed by atoms with Gasteiger partial charge in [-0.3, -0.25) is 14.6 Å². The lowest BCUT2D eigenvalue weighted by atomic mass is 10.1. The predicted octanol–water partition coefficient (Wildman–Crippen LogP) is 3.03. The molecule has 1 saturated heterocycles. The van der Waals surface area contributed by atoms with E-state index < -0.39 is 6.09 Å². The number of carboxylic acid groups (broad SMARTS) is 1. The second-order valence-corrected chi connectivity index (χ2v) is 9.24. The van der Waals surface area contributed by atoms with Gasteiger partial charge in [0.2, 0.25) is 0 Å². The van der Waals surface area contributed by atoms with Crippen LogP contribution < -0.4 is 14.5 Å². The molecule has 0 aromatic heterocycles. The van der Waals surface area contributed by atoms with Gasteiger partial charge in [0.25, 0.3) is 5.91 Å². The molecule has 3 rings (SSSR count). The molecular formula is C27H39N5O4. The fourth-order valence-corrected chi connectivity index (χ4v) is 4.26. The van der Waals surface area contributed by atoms with Gasteiger partial charge in [0.1, 0.15) is 5.75 Å². The zero-order chi connectivity index (χ0) is 26.1. The van der Waals surface area contributed by atoms with Gasteiger partial charge in [0.05, 0.1) is 12.3 Å². The van der Waals surface area contributed by atoms with Crippen molar-refractivity contribution in [2.24, 2.45) is 0 Å². The fourth-order valence-electron chi connectivity index (χ4n) is 4.26. The van der Waals surface area contributed by atoms with Crippen molar-refractivity contribution in [1.29, 1.82) is 0 Å². The molecule has 196 valence electrons. The summed E-state index contributed by atoms with van der Waals surface area (Å²) in [6, 6.07) is 15.1. The van der Waals surface area contributed by atoms with Gasteiger partial charge in [-0.2, -0.15) is 0 Å². The quantitative estimate of drug-likeness (QED) is 0.511. The maximum atomic E-state index is 12.8. The third-order valence-electron chi connectivity index (χ3n) is 6.39. The zero-order valence-corrected chi connectivity index (χ0v) is 21.9. The first-order chi connectivity index (χ1) is 17.3. The van der Waals surface area contributed by atoms with E-state index in [1.54, 1.807) is 17.0 Å². The Balaban J connectivity index is 1.56. The number of carbonyl (C=O) groups excluding carboxylic acids is 1. The van der Waals surface area contributed by atoms with Crippen LogP contribution in [0.1, 0.15) is 17.3 Å². The summed E-state index contributed by atoms with van der Waals surface area (Å²) in [4.78, 5) is 34.6. The number of piperazine rings is 1. The van der Waals surface area contributed by atoms with Gasteiger partial charge in [-0.05, 0) is 51.4 Å². The van der Waals surface area contributed by atoms with Gasteiger partial charge in [-0.1, -0.05) is 18.2 Å². The highest BCUT2D eigenvalue weighted by molar-refractivity contribution is 5.95. The van der Waals surface area contributed by atoms with Crippen molar-refractivity contribution in [3.8, 4) is 5.75 Å². The van der Waals surface area contributed by atoms with E-state index in [2.05, 4.69) is 14.7 Å². The van der Waals surface area contributed by atoms with Crippen LogP contribution in [-0.4, -0.2) is 112 Å². The van der Waals surface area contributed by atoms with E-state index in [-0.39, 0.29) is 5.91 Å². The van der Waals surface area contributed by atoms with Crippen LogP contribution in [0.5, 0.6) is 5.75 Å². The van der Waals surface area contributed by atoms with E-state index >= 15 is 0 Å². The minimum Gasteiger partial charge on any atom is -0.492 e. The lowest BCUT2D eigenvalue weighted by Crippen LogP contribution is -2.49. The molecule has 9 nitrogen and oxygen atoms in total. The summed E-state index contributed by atoms with van der Waals surface area (Å²) in [5.74, 6) is 0.604. The average Bonchev–Trinajstić information content (AvgIpc) is 2.88. The number of carbonyl (C=O) groups is 2. The second kappa shape index (κ2) is 13.1. The Morgan fingerprint density at radius 2 is 1.67 bits per heavy atom. The largest absolute Gasteiger partial charge is 0.492 e. The molecule has 0 spiro atoms. The topological polar surface area (TPSA) is 79.8 Å². The molecule has 1 fully saturated rings. The smallest absolute Gasteiger partial charge is 0.411 e. The van der Waals surface area contributed by atoms with Crippen LogP contribution in [0.15, 0.2) is 48.5 Å². The summed E-state index contributed by atoms with van der Waals surface area (Å²) in [6.07, 6.45) is -0.988. The highest BCUT2D eigenvalue weighted by Crippen LogP contribution is 2.28. The molecular weight excluding hydrogens is 458 g/mol. The van der Waals surface area contributed by atoms with Crippen LogP contribution in [0.2, 0.25) is 0 Å². The Hall–Kier alpha value is -3.30. The summed E-state index contributed by atoms with van der Waals surface area (Å²) in [7, 11) is 5.83. The molecule has 0 aliphatic carbocycles. The van der Waals surface area contributed by atoms with Gasteiger partial charge in [0.15, 0.2) is 0 Å². The van der Waals surface area contributed by atoms with Crippen molar-refractivity contribution in [2.45, 2.75) is 6.92 Å². The molecule has 2 aromatic carbocycles. The van der Waals surface area contributed by atoms with Gasteiger partial charge in [-0.25, -0.2) is 4.79 Å². The summed E-state index contributed by atoms with van der Waals surface area (Å²) < 4.78 is 5.63. The van der Waals surface area contributed by atoms with E-state index in [0.717, 1.165) is 38.4 Å². The fraction of sp³-hybridized carbons (Fsp3) is 0.481. The number of para-hydroxylation sites is 2. The lowest BCUT2D eigenvalue weighted by molar-refractivity contribution is 0.0786. The van der Waals surface area contributed by atoms with E-state index in [4.69, 9.17) is 4.74 Å². The minimum atomic E-state index is -0.988. The molecule has 0 unspecified atom stereocenters. The molecule has 2 amide bonds. The summed E-state index contributed by atoms with van der Waals surface area (Å²) >= 11 is 0. The Kier molecular flexibility index (Phi) is 9.95. The zero-order valence-electron chi connectivity index (χ0n) is 21.9. The molecule has 0 radical (unpaired) electrons. The number of hydrogen-bond acceptors (Lipinski definition) is 6. The highest BCUT2D eigenvalue weighted by atomic mass is 16.5. The van der Waals surface area contributed by atoms with Gasteiger partial charge >= 0.3 is 6.09 Å². The number of anilines is 2. The molecule has 0 atom stereocenters. The number of amides is 2. The Morgan fingerprint density at radius 1 is 0.944 bits per heavy atom. The van der Waals surface area contributed by atoms with Gasteiger partial charge < -0.3 is 24.5 Å². The number of benzene rings is 2. The molecule has 1 aliphatic heterocycles.